The van der Waals surface area contributed by atoms with E-state index in [1.807, 2.05) is 30.3 Å². The van der Waals surface area contributed by atoms with Gasteiger partial charge >= 0.3 is 0 Å². The van der Waals surface area contributed by atoms with Gasteiger partial charge < -0.3 is 5.11 Å². The molecule has 3 aromatic rings. The minimum absolute atomic E-state index is 0.366. The molecule has 1 aromatic carbocycles. The minimum atomic E-state index is -0.663. The molecule has 106 valence electrons. The summed E-state index contributed by atoms with van der Waals surface area (Å²) in [6.45, 7) is 0.366. The number of pyridine rings is 1. The Kier molecular flexibility index (Phi) is 3.99. The van der Waals surface area contributed by atoms with Crippen LogP contribution >= 0.6 is 11.6 Å². The van der Waals surface area contributed by atoms with Crippen LogP contribution in [0.25, 0.3) is 11.3 Å². The Morgan fingerprint density at radius 3 is 2.67 bits per heavy atom. The first-order valence-electron chi connectivity index (χ1n) is 6.60. The molecule has 0 aliphatic carbocycles. The van der Waals surface area contributed by atoms with Crippen molar-refractivity contribution in [3.63, 3.8) is 0 Å². The summed E-state index contributed by atoms with van der Waals surface area (Å²) in [7, 11) is 0. The fourth-order valence-electron chi connectivity index (χ4n) is 2.23. The summed E-state index contributed by atoms with van der Waals surface area (Å²) < 4.78 is 1.78. The van der Waals surface area contributed by atoms with E-state index in [-0.39, 0.29) is 0 Å². The number of hydrogen-bond acceptors (Lipinski definition) is 3. The average Bonchev–Trinajstić information content (AvgIpc) is 2.96. The molecule has 0 radical (unpaired) electrons. The van der Waals surface area contributed by atoms with Gasteiger partial charge in [-0.15, -0.1) is 0 Å². The van der Waals surface area contributed by atoms with Crippen LogP contribution in [-0.2, 0) is 6.54 Å². The zero-order valence-corrected chi connectivity index (χ0v) is 12.0. The van der Waals surface area contributed by atoms with Crippen molar-refractivity contribution in [2.24, 2.45) is 0 Å². The largest absolute Gasteiger partial charge is 0.386 e. The topological polar surface area (TPSA) is 50.9 Å². The van der Waals surface area contributed by atoms with Gasteiger partial charge in [0.1, 0.15) is 0 Å². The Balaban J connectivity index is 1.85. The van der Waals surface area contributed by atoms with Crippen molar-refractivity contribution < 1.29 is 5.11 Å². The first kappa shape index (κ1) is 13.8. The Hall–Kier alpha value is -2.17. The highest BCUT2D eigenvalue weighted by Gasteiger charge is 2.12. The Morgan fingerprint density at radius 1 is 1.10 bits per heavy atom. The first-order chi connectivity index (χ1) is 10.2. The molecule has 0 aliphatic rings. The van der Waals surface area contributed by atoms with Crippen LogP contribution in [0, 0.1) is 0 Å². The van der Waals surface area contributed by atoms with Crippen LogP contribution in [0.1, 0.15) is 11.7 Å². The summed E-state index contributed by atoms with van der Waals surface area (Å²) in [4.78, 5) is 4.01. The lowest BCUT2D eigenvalue weighted by atomic mass is 10.1. The molecule has 3 rings (SSSR count). The van der Waals surface area contributed by atoms with E-state index in [0.717, 1.165) is 16.8 Å². The molecule has 2 heterocycles. The normalized spacial score (nSPS) is 12.3. The smallest absolute Gasteiger partial charge is 0.0986 e. The van der Waals surface area contributed by atoms with Crippen LogP contribution < -0.4 is 0 Å². The van der Waals surface area contributed by atoms with E-state index in [1.165, 1.54) is 0 Å². The molecule has 0 bridgehead atoms. The second kappa shape index (κ2) is 6.08. The zero-order valence-electron chi connectivity index (χ0n) is 11.2. The van der Waals surface area contributed by atoms with Crippen LogP contribution in [0.15, 0.2) is 61.1 Å². The molecule has 0 aliphatic heterocycles. The van der Waals surface area contributed by atoms with Crippen LogP contribution in [-0.4, -0.2) is 19.9 Å². The molecule has 1 atom stereocenters. The molecule has 0 fully saturated rings. The lowest BCUT2D eigenvalue weighted by Crippen LogP contribution is -2.11. The van der Waals surface area contributed by atoms with E-state index in [2.05, 4.69) is 10.1 Å². The highest BCUT2D eigenvalue weighted by Crippen LogP contribution is 2.23. The van der Waals surface area contributed by atoms with Gasteiger partial charge in [-0.1, -0.05) is 23.7 Å². The number of nitrogens with zero attached hydrogens (tertiary/aromatic N) is 3. The van der Waals surface area contributed by atoms with Gasteiger partial charge in [0.05, 0.1) is 18.3 Å². The number of aliphatic hydroxyl groups excluding tert-OH is 1. The maximum absolute atomic E-state index is 10.4. The standard InChI is InChI=1S/C16H14ClN3O/c17-14-3-1-2-13(10-14)16(21)11-20-15(6-9-19-20)12-4-7-18-8-5-12/h1-10,16,21H,11H2. The fraction of sp³-hybridized carbons (Fsp3) is 0.125. The number of aromatic nitrogens is 3. The van der Waals surface area contributed by atoms with Crippen molar-refractivity contribution >= 4 is 11.6 Å². The predicted octanol–water partition coefficient (Wildman–Crippen LogP) is 3.33. The highest BCUT2D eigenvalue weighted by molar-refractivity contribution is 6.30. The Bertz CT molecular complexity index is 727. The maximum atomic E-state index is 10.4. The van der Waals surface area contributed by atoms with Crippen LogP contribution in [0.3, 0.4) is 0 Å². The Labute approximate surface area is 127 Å². The van der Waals surface area contributed by atoms with E-state index in [4.69, 9.17) is 11.6 Å². The van der Waals surface area contributed by atoms with Gasteiger partial charge in [0.15, 0.2) is 0 Å². The fourth-order valence-corrected chi connectivity index (χ4v) is 2.43. The molecular formula is C16H14ClN3O. The summed E-state index contributed by atoms with van der Waals surface area (Å²) in [6.07, 6.45) is 4.53. The molecule has 0 saturated heterocycles. The van der Waals surface area contributed by atoms with Crippen LogP contribution in [0.4, 0.5) is 0 Å². The highest BCUT2D eigenvalue weighted by atomic mass is 35.5. The summed E-state index contributed by atoms with van der Waals surface area (Å²) in [5.74, 6) is 0. The van der Waals surface area contributed by atoms with E-state index in [0.29, 0.717) is 11.6 Å². The van der Waals surface area contributed by atoms with Gasteiger partial charge in [-0.3, -0.25) is 9.67 Å². The molecule has 0 saturated carbocycles. The summed E-state index contributed by atoms with van der Waals surface area (Å²) >= 11 is 5.96. The lowest BCUT2D eigenvalue weighted by molar-refractivity contribution is 0.152. The quantitative estimate of drug-likeness (QED) is 0.804. The number of benzene rings is 1. The lowest BCUT2D eigenvalue weighted by Gasteiger charge is -2.14. The number of aliphatic hydroxyl groups is 1. The third kappa shape index (κ3) is 3.12. The zero-order chi connectivity index (χ0) is 14.7. The van der Waals surface area contributed by atoms with E-state index < -0.39 is 6.10 Å². The SMILES string of the molecule is OC(Cn1nccc1-c1ccncc1)c1cccc(Cl)c1. The molecule has 0 spiro atoms. The third-order valence-electron chi connectivity index (χ3n) is 3.27. The second-order valence-corrected chi connectivity index (χ2v) is 5.14. The molecule has 5 heteroatoms. The van der Waals surface area contributed by atoms with Crippen molar-refractivity contribution in [2.45, 2.75) is 12.6 Å². The van der Waals surface area contributed by atoms with Crippen molar-refractivity contribution in [3.05, 3.63) is 71.6 Å². The van der Waals surface area contributed by atoms with Crippen LogP contribution in [0.2, 0.25) is 5.02 Å². The van der Waals surface area contributed by atoms with Crippen LogP contribution in [0.5, 0.6) is 0 Å². The first-order valence-corrected chi connectivity index (χ1v) is 6.97. The number of hydrogen-bond donors (Lipinski definition) is 1. The van der Waals surface area contributed by atoms with Gasteiger partial charge in [-0.2, -0.15) is 5.10 Å². The van der Waals surface area contributed by atoms with E-state index in [1.54, 1.807) is 35.4 Å². The summed E-state index contributed by atoms with van der Waals surface area (Å²) in [5.41, 5.74) is 2.73. The van der Waals surface area contributed by atoms with Crippen molar-refractivity contribution in [3.8, 4) is 11.3 Å². The summed E-state index contributed by atoms with van der Waals surface area (Å²) in [6, 6.07) is 13.0. The third-order valence-corrected chi connectivity index (χ3v) is 3.51. The van der Waals surface area contributed by atoms with E-state index >= 15 is 0 Å². The molecule has 21 heavy (non-hydrogen) atoms. The van der Waals surface area contributed by atoms with Gasteiger partial charge in [0.2, 0.25) is 0 Å². The van der Waals surface area contributed by atoms with Gasteiger partial charge in [-0.05, 0) is 35.9 Å². The van der Waals surface area contributed by atoms with Gasteiger partial charge in [0.25, 0.3) is 0 Å². The molecule has 0 amide bonds. The molecule has 2 aromatic heterocycles. The van der Waals surface area contributed by atoms with Crippen molar-refractivity contribution in [2.75, 3.05) is 0 Å². The average molecular weight is 300 g/mol. The molecular weight excluding hydrogens is 286 g/mol. The minimum Gasteiger partial charge on any atom is -0.386 e. The van der Waals surface area contributed by atoms with E-state index in [9.17, 15) is 5.11 Å². The summed E-state index contributed by atoms with van der Waals surface area (Å²) in [5, 5.41) is 15.3. The van der Waals surface area contributed by atoms with Gasteiger partial charge in [-0.25, -0.2) is 0 Å². The number of halogens is 1. The maximum Gasteiger partial charge on any atom is 0.0986 e. The Morgan fingerprint density at radius 2 is 1.90 bits per heavy atom. The van der Waals surface area contributed by atoms with Crippen molar-refractivity contribution in [1.29, 1.82) is 0 Å². The molecule has 1 N–H and O–H groups in total. The van der Waals surface area contributed by atoms with Gasteiger partial charge in [0, 0.05) is 29.2 Å². The predicted molar refractivity (Wildman–Crippen MR) is 81.9 cm³/mol. The molecule has 1 unspecified atom stereocenters. The monoisotopic (exact) mass is 299 g/mol. The number of rotatable bonds is 4. The second-order valence-electron chi connectivity index (χ2n) is 4.71. The van der Waals surface area contributed by atoms with Crippen molar-refractivity contribution in [1.82, 2.24) is 14.8 Å². The molecule has 4 nitrogen and oxygen atoms in total.